The van der Waals surface area contributed by atoms with Crippen molar-refractivity contribution in [2.75, 3.05) is 0 Å². The van der Waals surface area contributed by atoms with Gasteiger partial charge in [-0.25, -0.2) is 0 Å². The summed E-state index contributed by atoms with van der Waals surface area (Å²) in [5.41, 5.74) is 0. The van der Waals surface area contributed by atoms with Crippen LogP contribution in [-0.4, -0.2) is 44.6 Å². The van der Waals surface area contributed by atoms with E-state index < -0.39 is 11.9 Å². The second-order valence-corrected chi connectivity index (χ2v) is 14.8. The Morgan fingerprint density at radius 2 is 0.532 bits per heavy atom. The molecule has 0 spiro atoms. The minimum Gasteiger partial charge on any atom is -0.481 e. The second kappa shape index (κ2) is 34.7. The SMILES string of the molecule is CCCCCCC(O)CCCCCCCCCC(CCCCCC(CCCCCCCCCC(O)CCCCCC)C(=O)O)C(=O)O. The van der Waals surface area contributed by atoms with E-state index in [1.165, 1.54) is 77.0 Å². The van der Waals surface area contributed by atoms with Gasteiger partial charge in [0.1, 0.15) is 0 Å². The van der Waals surface area contributed by atoms with Gasteiger partial charge in [-0.3, -0.25) is 9.59 Å². The molecule has 0 aliphatic rings. The average molecular weight is 669 g/mol. The molecule has 6 nitrogen and oxygen atoms in total. The number of rotatable bonds is 38. The highest BCUT2D eigenvalue weighted by molar-refractivity contribution is 5.70. The molecule has 0 aromatic heterocycles. The number of aliphatic hydroxyl groups is 2. The third kappa shape index (κ3) is 31.9. The van der Waals surface area contributed by atoms with E-state index in [4.69, 9.17) is 0 Å². The van der Waals surface area contributed by atoms with Crippen molar-refractivity contribution in [3.8, 4) is 0 Å². The Labute approximate surface area is 291 Å². The van der Waals surface area contributed by atoms with Crippen LogP contribution in [0.5, 0.6) is 0 Å². The van der Waals surface area contributed by atoms with E-state index in [1.807, 2.05) is 0 Å². The van der Waals surface area contributed by atoms with Gasteiger partial charge < -0.3 is 20.4 Å². The van der Waals surface area contributed by atoms with Crippen LogP contribution < -0.4 is 0 Å². The summed E-state index contributed by atoms with van der Waals surface area (Å²) in [6, 6.07) is 0. The minimum absolute atomic E-state index is 0.129. The van der Waals surface area contributed by atoms with E-state index in [-0.39, 0.29) is 24.0 Å². The molecule has 4 unspecified atom stereocenters. The minimum atomic E-state index is -0.683. The van der Waals surface area contributed by atoms with Crippen molar-refractivity contribution in [1.82, 2.24) is 0 Å². The molecule has 0 aliphatic carbocycles. The number of aliphatic hydroxyl groups excluding tert-OH is 2. The zero-order valence-electron chi connectivity index (χ0n) is 31.2. The van der Waals surface area contributed by atoms with Gasteiger partial charge in [0.25, 0.3) is 0 Å². The maximum absolute atomic E-state index is 11.8. The second-order valence-electron chi connectivity index (χ2n) is 14.8. The molecule has 0 bridgehead atoms. The Kier molecular flexibility index (Phi) is 33.9. The van der Waals surface area contributed by atoms with Gasteiger partial charge in [-0.1, -0.05) is 174 Å². The molecule has 0 heterocycles. The van der Waals surface area contributed by atoms with Gasteiger partial charge in [0.15, 0.2) is 0 Å². The summed E-state index contributed by atoms with van der Waals surface area (Å²) in [4.78, 5) is 23.5. The third-order valence-corrected chi connectivity index (χ3v) is 10.3. The lowest BCUT2D eigenvalue weighted by molar-refractivity contribution is -0.143. The molecular formula is C41H80O6. The summed E-state index contributed by atoms with van der Waals surface area (Å²) in [6.07, 6.45) is 34.6. The standard InChI is InChI=1S/C41H80O6/c1-3-5-7-24-32-38(42)34-26-17-13-9-11-15-20-28-36(40(44)45)30-22-19-23-31-37(41(46)47)29-21-16-12-10-14-18-27-35-39(43)33-25-8-6-4-2/h36-39,42-43H,3-35H2,1-2H3,(H,44,45)(H,46,47). The molecule has 0 aromatic rings. The van der Waals surface area contributed by atoms with Crippen molar-refractivity contribution >= 4 is 11.9 Å². The Morgan fingerprint density at radius 1 is 0.340 bits per heavy atom. The van der Waals surface area contributed by atoms with Gasteiger partial charge in [-0.2, -0.15) is 0 Å². The van der Waals surface area contributed by atoms with Gasteiger partial charge in [-0.05, 0) is 51.4 Å². The topological polar surface area (TPSA) is 115 Å². The van der Waals surface area contributed by atoms with Gasteiger partial charge >= 0.3 is 11.9 Å². The van der Waals surface area contributed by atoms with Crippen molar-refractivity contribution in [2.24, 2.45) is 11.8 Å². The van der Waals surface area contributed by atoms with Crippen LogP contribution in [0.2, 0.25) is 0 Å². The lowest BCUT2D eigenvalue weighted by Gasteiger charge is -2.14. The summed E-state index contributed by atoms with van der Waals surface area (Å²) in [7, 11) is 0. The first-order valence-corrected chi connectivity index (χ1v) is 20.6. The number of hydrogen-bond donors (Lipinski definition) is 4. The van der Waals surface area contributed by atoms with Crippen LogP contribution in [0.15, 0.2) is 0 Å². The predicted octanol–water partition coefficient (Wildman–Crippen LogP) is 12.0. The predicted molar refractivity (Wildman–Crippen MR) is 198 cm³/mol. The highest BCUT2D eigenvalue weighted by Gasteiger charge is 2.18. The molecule has 0 aliphatic heterocycles. The fourth-order valence-corrected chi connectivity index (χ4v) is 6.95. The summed E-state index contributed by atoms with van der Waals surface area (Å²) >= 11 is 0. The normalized spacial score (nSPS) is 14.2. The lowest BCUT2D eigenvalue weighted by atomic mass is 9.92. The fraction of sp³-hybridized carbons (Fsp3) is 0.951. The molecule has 0 saturated carbocycles. The Bertz CT molecular complexity index is 627. The highest BCUT2D eigenvalue weighted by Crippen LogP contribution is 2.23. The van der Waals surface area contributed by atoms with E-state index in [2.05, 4.69) is 13.8 Å². The Hall–Kier alpha value is -1.14. The first kappa shape index (κ1) is 45.9. The smallest absolute Gasteiger partial charge is 0.306 e. The fourth-order valence-electron chi connectivity index (χ4n) is 6.95. The van der Waals surface area contributed by atoms with Crippen molar-refractivity contribution in [2.45, 2.75) is 238 Å². The quantitative estimate of drug-likeness (QED) is 0.0487. The molecule has 6 heteroatoms. The maximum atomic E-state index is 11.8. The van der Waals surface area contributed by atoms with Gasteiger partial charge in [0, 0.05) is 0 Å². The van der Waals surface area contributed by atoms with E-state index in [9.17, 15) is 30.0 Å². The monoisotopic (exact) mass is 669 g/mol. The zero-order valence-corrected chi connectivity index (χ0v) is 31.2. The van der Waals surface area contributed by atoms with Crippen molar-refractivity contribution in [3.05, 3.63) is 0 Å². The van der Waals surface area contributed by atoms with Crippen LogP contribution in [0.25, 0.3) is 0 Å². The summed E-state index contributed by atoms with van der Waals surface area (Å²) < 4.78 is 0. The van der Waals surface area contributed by atoms with Crippen molar-refractivity contribution in [1.29, 1.82) is 0 Å². The van der Waals surface area contributed by atoms with Crippen LogP contribution >= 0.6 is 0 Å². The van der Waals surface area contributed by atoms with Crippen LogP contribution in [-0.2, 0) is 9.59 Å². The average Bonchev–Trinajstić information content (AvgIpc) is 3.04. The molecule has 47 heavy (non-hydrogen) atoms. The number of carboxylic acids is 2. The van der Waals surface area contributed by atoms with Crippen LogP contribution in [0.4, 0.5) is 0 Å². The van der Waals surface area contributed by atoms with Gasteiger partial charge in [-0.15, -0.1) is 0 Å². The van der Waals surface area contributed by atoms with Crippen molar-refractivity contribution in [3.63, 3.8) is 0 Å². The molecule has 0 aromatic carbocycles. The molecule has 4 N–H and O–H groups in total. The zero-order chi connectivity index (χ0) is 34.8. The molecule has 0 amide bonds. The van der Waals surface area contributed by atoms with Crippen LogP contribution in [0.1, 0.15) is 226 Å². The van der Waals surface area contributed by atoms with Gasteiger partial charge in [0.2, 0.25) is 0 Å². The maximum Gasteiger partial charge on any atom is 0.306 e. The van der Waals surface area contributed by atoms with Crippen LogP contribution in [0, 0.1) is 11.8 Å². The lowest BCUT2D eigenvalue weighted by Crippen LogP contribution is -2.14. The summed E-state index contributed by atoms with van der Waals surface area (Å²) in [6.45, 7) is 4.42. The molecule has 0 fully saturated rings. The number of hydrogen-bond acceptors (Lipinski definition) is 4. The number of carbonyl (C=O) groups is 2. The summed E-state index contributed by atoms with van der Waals surface area (Å²) in [5, 5.41) is 39.5. The number of unbranched alkanes of at least 4 members (excludes halogenated alkanes) is 20. The van der Waals surface area contributed by atoms with Crippen LogP contribution in [0.3, 0.4) is 0 Å². The van der Waals surface area contributed by atoms with Crippen molar-refractivity contribution < 1.29 is 30.0 Å². The Balaban J connectivity index is 3.78. The first-order valence-electron chi connectivity index (χ1n) is 20.6. The Morgan fingerprint density at radius 3 is 0.766 bits per heavy atom. The summed E-state index contributed by atoms with van der Waals surface area (Å²) in [5.74, 6) is -1.91. The van der Waals surface area contributed by atoms with E-state index in [0.29, 0.717) is 12.8 Å². The largest absolute Gasteiger partial charge is 0.481 e. The van der Waals surface area contributed by atoms with E-state index >= 15 is 0 Å². The molecule has 0 radical (unpaired) electrons. The first-order chi connectivity index (χ1) is 22.8. The van der Waals surface area contributed by atoms with E-state index in [0.717, 1.165) is 122 Å². The molecule has 0 saturated heterocycles. The molecule has 280 valence electrons. The van der Waals surface area contributed by atoms with E-state index in [1.54, 1.807) is 0 Å². The number of aliphatic carboxylic acids is 2. The highest BCUT2D eigenvalue weighted by atomic mass is 16.4. The molecular weight excluding hydrogens is 588 g/mol. The third-order valence-electron chi connectivity index (χ3n) is 10.3. The van der Waals surface area contributed by atoms with Gasteiger partial charge in [0.05, 0.1) is 24.0 Å². The molecule has 4 atom stereocenters. The molecule has 0 rings (SSSR count). The number of carboxylic acid groups (broad SMARTS) is 2.